The fourth-order valence-electron chi connectivity index (χ4n) is 5.09. The van der Waals surface area contributed by atoms with E-state index in [1.54, 1.807) is 6.07 Å². The van der Waals surface area contributed by atoms with E-state index in [2.05, 4.69) is 19.1 Å². The second-order valence-corrected chi connectivity index (χ2v) is 7.93. The van der Waals surface area contributed by atoms with Gasteiger partial charge in [-0.1, -0.05) is 25.8 Å². The van der Waals surface area contributed by atoms with Gasteiger partial charge in [0, 0.05) is 5.92 Å². The average molecular weight is 339 g/mol. The number of nitriles is 1. The number of unbranched alkanes of at least 4 members (excludes halogenated alkanes) is 1. The zero-order valence-corrected chi connectivity index (χ0v) is 15.2. The molecule has 2 aliphatic rings. The summed E-state index contributed by atoms with van der Waals surface area (Å²) in [5.74, 6) is 1.33. The van der Waals surface area contributed by atoms with Crippen LogP contribution in [0.4, 0.5) is 0 Å². The minimum Gasteiger partial charge on any atom is -0.478 e. The van der Waals surface area contributed by atoms with Crippen LogP contribution >= 0.6 is 0 Å². The third kappa shape index (κ3) is 3.89. The first-order valence-corrected chi connectivity index (χ1v) is 9.89. The number of carboxylic acid groups (broad SMARTS) is 1. The van der Waals surface area contributed by atoms with Crippen LogP contribution in [0.1, 0.15) is 85.7 Å². The Morgan fingerprint density at radius 1 is 1.24 bits per heavy atom. The molecule has 0 heterocycles. The van der Waals surface area contributed by atoms with Gasteiger partial charge in [0.2, 0.25) is 0 Å². The van der Waals surface area contributed by atoms with Crippen LogP contribution in [0.2, 0.25) is 0 Å². The lowest BCUT2D eigenvalue weighted by molar-refractivity contribution is 0.0696. The molecule has 0 bridgehead atoms. The van der Waals surface area contributed by atoms with Crippen molar-refractivity contribution in [1.82, 2.24) is 0 Å². The first kappa shape index (κ1) is 18.0. The molecular weight excluding hydrogens is 310 g/mol. The van der Waals surface area contributed by atoms with E-state index in [4.69, 9.17) is 0 Å². The summed E-state index contributed by atoms with van der Waals surface area (Å²) in [6.45, 7) is 2.25. The zero-order valence-electron chi connectivity index (χ0n) is 15.2. The Bertz CT molecular complexity index is 652. The van der Waals surface area contributed by atoms with E-state index in [0.717, 1.165) is 32.1 Å². The third-order valence-corrected chi connectivity index (χ3v) is 6.43. The molecule has 2 unspecified atom stereocenters. The third-order valence-electron chi connectivity index (χ3n) is 6.43. The summed E-state index contributed by atoms with van der Waals surface area (Å²) in [4.78, 5) is 11.3. The number of benzene rings is 1. The van der Waals surface area contributed by atoms with Gasteiger partial charge < -0.3 is 5.11 Å². The van der Waals surface area contributed by atoms with E-state index in [1.807, 2.05) is 6.07 Å². The Hall–Kier alpha value is -1.82. The van der Waals surface area contributed by atoms with Crippen molar-refractivity contribution in [2.45, 2.75) is 70.6 Å². The number of hydrogen-bond acceptors (Lipinski definition) is 2. The minimum absolute atomic E-state index is 0.239. The molecule has 25 heavy (non-hydrogen) atoms. The molecule has 3 heteroatoms. The predicted octanol–water partition coefficient (Wildman–Crippen LogP) is 5.55. The van der Waals surface area contributed by atoms with Gasteiger partial charge in [0.25, 0.3) is 0 Å². The molecule has 3 rings (SSSR count). The van der Waals surface area contributed by atoms with Crippen LogP contribution in [-0.4, -0.2) is 11.1 Å². The number of rotatable bonds is 5. The van der Waals surface area contributed by atoms with E-state index in [9.17, 15) is 15.2 Å². The van der Waals surface area contributed by atoms with E-state index in [1.165, 1.54) is 36.8 Å². The molecular formula is C22H29NO2. The number of carbonyl (C=O) groups is 1. The largest absolute Gasteiger partial charge is 0.478 e. The molecule has 2 aliphatic carbocycles. The molecule has 0 radical (unpaired) electrons. The molecule has 0 spiro atoms. The van der Waals surface area contributed by atoms with Crippen molar-refractivity contribution in [3.63, 3.8) is 0 Å². The Kier molecular flexibility index (Phi) is 5.78. The molecule has 0 aromatic heterocycles. The Balaban J connectivity index is 1.87. The van der Waals surface area contributed by atoms with E-state index in [0.29, 0.717) is 23.3 Å². The number of carboxylic acids is 1. The van der Waals surface area contributed by atoms with Gasteiger partial charge in [-0.25, -0.2) is 4.79 Å². The normalized spacial score (nSPS) is 28.8. The van der Waals surface area contributed by atoms with Crippen molar-refractivity contribution >= 4 is 5.97 Å². The van der Waals surface area contributed by atoms with Gasteiger partial charge in [-0.15, -0.1) is 0 Å². The van der Waals surface area contributed by atoms with Crippen LogP contribution in [0, 0.1) is 29.1 Å². The maximum atomic E-state index is 11.3. The van der Waals surface area contributed by atoms with Gasteiger partial charge in [-0.3, -0.25) is 0 Å². The number of aromatic carboxylic acids is 1. The van der Waals surface area contributed by atoms with Crippen LogP contribution in [0.15, 0.2) is 18.2 Å². The van der Waals surface area contributed by atoms with Gasteiger partial charge in [0.05, 0.1) is 11.6 Å². The first-order chi connectivity index (χ1) is 12.1. The lowest BCUT2D eigenvalue weighted by Crippen LogP contribution is -2.30. The van der Waals surface area contributed by atoms with Gasteiger partial charge >= 0.3 is 5.97 Å². The van der Waals surface area contributed by atoms with E-state index < -0.39 is 5.97 Å². The highest BCUT2D eigenvalue weighted by Crippen LogP contribution is 2.48. The maximum Gasteiger partial charge on any atom is 0.335 e. The summed E-state index contributed by atoms with van der Waals surface area (Å²) in [5.41, 5.74) is 3.07. The Morgan fingerprint density at radius 3 is 2.64 bits per heavy atom. The Labute approximate surface area is 151 Å². The van der Waals surface area contributed by atoms with Crippen LogP contribution in [0.25, 0.3) is 0 Å². The molecule has 1 aromatic rings. The number of fused-ring (bicyclic) bond motifs is 1. The summed E-state index contributed by atoms with van der Waals surface area (Å²) in [7, 11) is 0. The SMILES string of the molecule is CCCCC1CCc2cc(C(=O)O)ccc2C1C1CCC(C#N)CC1. The highest BCUT2D eigenvalue weighted by atomic mass is 16.4. The topological polar surface area (TPSA) is 61.1 Å². The van der Waals surface area contributed by atoms with Gasteiger partial charge in [0.15, 0.2) is 0 Å². The lowest BCUT2D eigenvalue weighted by Gasteiger charge is -2.41. The standard InChI is InChI=1S/C22H29NO2/c1-2-3-4-16-9-10-18-13-19(22(24)25)11-12-20(18)21(16)17-7-5-15(14-23)6-8-17/h11-13,15-17,21H,2-10H2,1H3,(H,24,25). The van der Waals surface area contributed by atoms with Gasteiger partial charge in [-0.2, -0.15) is 5.26 Å². The molecule has 0 amide bonds. The van der Waals surface area contributed by atoms with Crippen molar-refractivity contribution in [2.24, 2.45) is 17.8 Å². The summed E-state index contributed by atoms with van der Waals surface area (Å²) < 4.78 is 0. The smallest absolute Gasteiger partial charge is 0.335 e. The number of aryl methyl sites for hydroxylation is 1. The predicted molar refractivity (Wildman–Crippen MR) is 98.5 cm³/mol. The zero-order chi connectivity index (χ0) is 17.8. The molecule has 1 saturated carbocycles. The molecule has 134 valence electrons. The van der Waals surface area contributed by atoms with Crippen LogP contribution in [0.5, 0.6) is 0 Å². The van der Waals surface area contributed by atoms with Crippen LogP contribution in [-0.2, 0) is 6.42 Å². The van der Waals surface area contributed by atoms with Crippen molar-refractivity contribution in [3.8, 4) is 6.07 Å². The number of hydrogen-bond donors (Lipinski definition) is 1. The monoisotopic (exact) mass is 339 g/mol. The van der Waals surface area contributed by atoms with E-state index in [-0.39, 0.29) is 5.92 Å². The van der Waals surface area contributed by atoms with Crippen LogP contribution < -0.4 is 0 Å². The lowest BCUT2D eigenvalue weighted by atomic mass is 9.63. The van der Waals surface area contributed by atoms with Crippen molar-refractivity contribution in [2.75, 3.05) is 0 Å². The summed E-state index contributed by atoms with van der Waals surface area (Å²) in [6.07, 6.45) is 10.3. The fraction of sp³-hybridized carbons (Fsp3) is 0.636. The first-order valence-electron chi connectivity index (χ1n) is 9.89. The highest BCUT2D eigenvalue weighted by Gasteiger charge is 2.37. The van der Waals surface area contributed by atoms with Gasteiger partial charge in [-0.05, 0) is 86.0 Å². The maximum absolute atomic E-state index is 11.3. The van der Waals surface area contributed by atoms with E-state index >= 15 is 0 Å². The van der Waals surface area contributed by atoms with Crippen molar-refractivity contribution in [1.29, 1.82) is 5.26 Å². The number of nitrogens with zero attached hydrogens (tertiary/aromatic N) is 1. The van der Waals surface area contributed by atoms with Gasteiger partial charge in [0.1, 0.15) is 0 Å². The van der Waals surface area contributed by atoms with Crippen LogP contribution in [0.3, 0.4) is 0 Å². The average Bonchev–Trinajstić information content (AvgIpc) is 2.65. The highest BCUT2D eigenvalue weighted by molar-refractivity contribution is 5.88. The molecule has 0 saturated heterocycles. The second kappa shape index (κ2) is 8.04. The van der Waals surface area contributed by atoms with Crippen molar-refractivity contribution in [3.05, 3.63) is 34.9 Å². The summed E-state index contributed by atoms with van der Waals surface area (Å²) in [5, 5.41) is 18.5. The minimum atomic E-state index is -0.831. The summed E-state index contributed by atoms with van der Waals surface area (Å²) >= 11 is 0. The molecule has 3 nitrogen and oxygen atoms in total. The molecule has 2 atom stereocenters. The second-order valence-electron chi connectivity index (χ2n) is 7.93. The Morgan fingerprint density at radius 2 is 2.00 bits per heavy atom. The van der Waals surface area contributed by atoms with Crippen molar-refractivity contribution < 1.29 is 9.90 Å². The molecule has 1 N–H and O–H groups in total. The quantitative estimate of drug-likeness (QED) is 0.765. The molecule has 1 fully saturated rings. The summed E-state index contributed by atoms with van der Waals surface area (Å²) in [6, 6.07) is 8.24. The molecule has 1 aromatic carbocycles. The fourth-order valence-corrected chi connectivity index (χ4v) is 5.09. The molecule has 0 aliphatic heterocycles.